The molecule has 0 radical (unpaired) electrons. The van der Waals surface area contributed by atoms with Gasteiger partial charge in [-0.1, -0.05) is 55.5 Å². The fourth-order valence-corrected chi connectivity index (χ4v) is 4.34. The average molecular weight is 391 g/mol. The molecule has 2 amide bonds. The number of carbonyl (C=O) groups is 2. The van der Waals surface area contributed by atoms with Crippen LogP contribution in [0.25, 0.3) is 11.3 Å². The van der Waals surface area contributed by atoms with Gasteiger partial charge in [-0.15, -0.1) is 11.3 Å². The minimum absolute atomic E-state index is 0.0234. The van der Waals surface area contributed by atoms with Crippen LogP contribution >= 0.6 is 11.3 Å². The van der Waals surface area contributed by atoms with Crippen molar-refractivity contribution in [3.8, 4) is 11.3 Å². The molecule has 1 aliphatic rings. The van der Waals surface area contributed by atoms with E-state index in [1.54, 1.807) is 4.90 Å². The van der Waals surface area contributed by atoms with Gasteiger partial charge in [-0.25, -0.2) is 4.98 Å². The summed E-state index contributed by atoms with van der Waals surface area (Å²) < 4.78 is 0. The number of thiazole rings is 1. The van der Waals surface area contributed by atoms with Crippen LogP contribution < -0.4 is 10.2 Å². The van der Waals surface area contributed by atoms with Crippen molar-refractivity contribution in [2.24, 2.45) is 5.92 Å². The minimum Gasteiger partial charge on any atom is -0.312 e. The molecule has 4 rings (SSSR count). The number of anilines is 2. The van der Waals surface area contributed by atoms with Crippen LogP contribution in [0.5, 0.6) is 0 Å². The summed E-state index contributed by atoms with van der Waals surface area (Å²) in [6.45, 7) is 2.48. The molecule has 2 aromatic carbocycles. The molecule has 0 spiro atoms. The molecule has 1 N–H and O–H groups in total. The fourth-order valence-electron chi connectivity index (χ4n) is 3.41. The number of rotatable bonds is 5. The average Bonchev–Trinajstić information content (AvgIpc) is 3.32. The van der Waals surface area contributed by atoms with Gasteiger partial charge in [0.2, 0.25) is 11.8 Å². The molecule has 1 saturated heterocycles. The summed E-state index contributed by atoms with van der Waals surface area (Å²) in [5, 5.41) is 3.52. The van der Waals surface area contributed by atoms with Crippen molar-refractivity contribution in [3.05, 3.63) is 65.5 Å². The van der Waals surface area contributed by atoms with Gasteiger partial charge in [-0.3, -0.25) is 9.59 Å². The predicted octanol–water partition coefficient (Wildman–Crippen LogP) is 4.36. The fraction of sp³-hybridized carbons (Fsp3) is 0.227. The van der Waals surface area contributed by atoms with E-state index in [1.165, 1.54) is 11.3 Å². The largest absolute Gasteiger partial charge is 0.312 e. The number of carbonyl (C=O) groups excluding carboxylic acids is 2. The van der Waals surface area contributed by atoms with E-state index < -0.39 is 0 Å². The van der Waals surface area contributed by atoms with Gasteiger partial charge in [0.25, 0.3) is 0 Å². The summed E-state index contributed by atoms with van der Waals surface area (Å²) in [4.78, 5) is 32.6. The van der Waals surface area contributed by atoms with Crippen molar-refractivity contribution in [3.63, 3.8) is 0 Å². The summed E-state index contributed by atoms with van der Waals surface area (Å²) in [6.07, 6.45) is 1.07. The Hall–Kier alpha value is -2.99. The zero-order chi connectivity index (χ0) is 19.5. The predicted molar refractivity (Wildman–Crippen MR) is 112 cm³/mol. The van der Waals surface area contributed by atoms with Crippen LogP contribution in [0.4, 0.5) is 10.8 Å². The Morgan fingerprint density at radius 1 is 1.14 bits per heavy atom. The molecule has 1 aliphatic heterocycles. The quantitative estimate of drug-likeness (QED) is 0.703. The Morgan fingerprint density at radius 2 is 1.82 bits per heavy atom. The third-order valence-electron chi connectivity index (χ3n) is 4.86. The smallest absolute Gasteiger partial charge is 0.231 e. The zero-order valence-electron chi connectivity index (χ0n) is 15.6. The molecule has 28 heavy (non-hydrogen) atoms. The van der Waals surface area contributed by atoms with Gasteiger partial charge < -0.3 is 10.2 Å². The number of nitrogens with zero attached hydrogens (tertiary/aromatic N) is 2. The second-order valence-electron chi connectivity index (χ2n) is 6.74. The Labute approximate surface area is 168 Å². The molecule has 6 heteroatoms. The lowest BCUT2D eigenvalue weighted by molar-refractivity contribution is -0.122. The number of hydrogen-bond donors (Lipinski definition) is 1. The molecular weight excluding hydrogens is 370 g/mol. The number of aryl methyl sites for hydroxylation is 1. The molecule has 1 aromatic heterocycles. The van der Waals surface area contributed by atoms with Gasteiger partial charge in [0.1, 0.15) is 0 Å². The number of nitrogens with one attached hydrogen (secondary N) is 1. The number of hydrogen-bond acceptors (Lipinski definition) is 4. The first-order valence-corrected chi connectivity index (χ1v) is 10.2. The van der Waals surface area contributed by atoms with E-state index in [2.05, 4.69) is 17.2 Å². The molecule has 1 unspecified atom stereocenters. The number of benzene rings is 2. The molecular formula is C22H21N3O2S. The summed E-state index contributed by atoms with van der Waals surface area (Å²) in [5.41, 5.74) is 2.79. The van der Waals surface area contributed by atoms with Gasteiger partial charge in [0.05, 0.1) is 11.6 Å². The molecule has 5 nitrogen and oxygen atoms in total. The highest BCUT2D eigenvalue weighted by Gasteiger charge is 2.35. The molecule has 1 fully saturated rings. The van der Waals surface area contributed by atoms with Crippen LogP contribution in [0.2, 0.25) is 0 Å². The maximum atomic E-state index is 12.8. The highest BCUT2D eigenvalue weighted by molar-refractivity contribution is 7.16. The van der Waals surface area contributed by atoms with Crippen LogP contribution in [0, 0.1) is 5.92 Å². The molecule has 3 aromatic rings. The van der Waals surface area contributed by atoms with Crippen LogP contribution in [0.1, 0.15) is 18.2 Å². The van der Waals surface area contributed by atoms with Crippen LogP contribution in [-0.4, -0.2) is 23.3 Å². The van der Waals surface area contributed by atoms with E-state index in [4.69, 9.17) is 0 Å². The van der Waals surface area contributed by atoms with Crippen LogP contribution in [0.3, 0.4) is 0 Å². The van der Waals surface area contributed by atoms with Crippen molar-refractivity contribution in [2.75, 3.05) is 16.8 Å². The Bertz CT molecular complexity index is 986. The second kappa shape index (κ2) is 7.94. The van der Waals surface area contributed by atoms with E-state index in [0.717, 1.165) is 28.2 Å². The summed E-state index contributed by atoms with van der Waals surface area (Å²) in [7, 11) is 0. The van der Waals surface area contributed by atoms with Gasteiger partial charge >= 0.3 is 0 Å². The van der Waals surface area contributed by atoms with Crippen molar-refractivity contribution in [1.29, 1.82) is 0 Å². The standard InChI is InChI=1S/C22H21N3O2S/c1-2-18-20(15-9-5-3-6-10-15)23-22(28-18)24-21(27)16-13-19(26)25(14-16)17-11-7-4-8-12-17/h3-12,16H,2,13-14H2,1H3,(H,23,24,27). The van der Waals surface area contributed by atoms with Crippen molar-refractivity contribution in [1.82, 2.24) is 4.98 Å². The first-order chi connectivity index (χ1) is 13.7. The monoisotopic (exact) mass is 391 g/mol. The molecule has 0 bridgehead atoms. The maximum absolute atomic E-state index is 12.8. The van der Waals surface area contributed by atoms with Crippen molar-refractivity contribution >= 4 is 34.0 Å². The van der Waals surface area contributed by atoms with Crippen molar-refractivity contribution < 1.29 is 9.59 Å². The van der Waals surface area contributed by atoms with Gasteiger partial charge in [-0.2, -0.15) is 0 Å². The highest BCUT2D eigenvalue weighted by atomic mass is 32.1. The molecule has 142 valence electrons. The van der Waals surface area contributed by atoms with E-state index in [1.807, 2.05) is 60.7 Å². The summed E-state index contributed by atoms with van der Waals surface area (Å²) in [5.74, 6) is -0.547. The van der Waals surface area contributed by atoms with E-state index in [0.29, 0.717) is 11.7 Å². The molecule has 1 atom stereocenters. The summed E-state index contributed by atoms with van der Waals surface area (Å²) in [6, 6.07) is 19.4. The highest BCUT2D eigenvalue weighted by Crippen LogP contribution is 2.32. The summed E-state index contributed by atoms with van der Waals surface area (Å²) >= 11 is 1.50. The lowest BCUT2D eigenvalue weighted by Gasteiger charge is -2.16. The first-order valence-electron chi connectivity index (χ1n) is 9.37. The van der Waals surface area contributed by atoms with E-state index in [-0.39, 0.29) is 24.2 Å². The lowest BCUT2D eigenvalue weighted by atomic mass is 10.1. The SMILES string of the molecule is CCc1sc(NC(=O)C2CC(=O)N(c3ccccc3)C2)nc1-c1ccccc1. The van der Waals surface area contributed by atoms with Crippen LogP contribution in [0.15, 0.2) is 60.7 Å². The second-order valence-corrected chi connectivity index (χ2v) is 7.82. The van der Waals surface area contributed by atoms with Gasteiger partial charge in [0.15, 0.2) is 5.13 Å². The normalized spacial score (nSPS) is 16.4. The first kappa shape index (κ1) is 18.4. The Kier molecular flexibility index (Phi) is 5.21. The lowest BCUT2D eigenvalue weighted by Crippen LogP contribution is -2.28. The van der Waals surface area contributed by atoms with Gasteiger partial charge in [-0.05, 0) is 18.6 Å². The van der Waals surface area contributed by atoms with Crippen LogP contribution in [-0.2, 0) is 16.0 Å². The third kappa shape index (κ3) is 3.68. The molecule has 2 heterocycles. The van der Waals surface area contributed by atoms with Gasteiger partial charge in [0, 0.05) is 29.1 Å². The Balaban J connectivity index is 1.49. The Morgan fingerprint density at radius 3 is 2.50 bits per heavy atom. The topological polar surface area (TPSA) is 62.3 Å². The number of amides is 2. The minimum atomic E-state index is -0.373. The number of para-hydroxylation sites is 1. The zero-order valence-corrected chi connectivity index (χ0v) is 16.4. The number of aromatic nitrogens is 1. The van der Waals surface area contributed by atoms with E-state index in [9.17, 15) is 9.59 Å². The maximum Gasteiger partial charge on any atom is 0.231 e. The molecule has 0 aliphatic carbocycles. The van der Waals surface area contributed by atoms with Crippen molar-refractivity contribution in [2.45, 2.75) is 19.8 Å². The third-order valence-corrected chi connectivity index (χ3v) is 5.97. The molecule has 0 saturated carbocycles. The van der Waals surface area contributed by atoms with E-state index >= 15 is 0 Å².